The van der Waals surface area contributed by atoms with E-state index in [1.54, 1.807) is 0 Å². The Kier molecular flexibility index (Phi) is 5.24. The van der Waals surface area contributed by atoms with Crippen molar-refractivity contribution in [1.82, 2.24) is 9.29 Å². The Bertz CT molecular complexity index is 1150. The summed E-state index contributed by atoms with van der Waals surface area (Å²) in [6.07, 6.45) is 1.04. The third-order valence-electron chi connectivity index (χ3n) is 3.72. The summed E-state index contributed by atoms with van der Waals surface area (Å²) in [6.45, 7) is 0.0945. The number of benzene rings is 2. The number of hydrogen-bond donors (Lipinski definition) is 0. The van der Waals surface area contributed by atoms with Crippen molar-refractivity contribution in [2.75, 3.05) is 13.3 Å². The van der Waals surface area contributed by atoms with Gasteiger partial charge in [0.25, 0.3) is 0 Å². The largest absolute Gasteiger partial charge is 0.244 e. The molecule has 10 heteroatoms. The van der Waals surface area contributed by atoms with Gasteiger partial charge in [-0.3, -0.25) is 0 Å². The van der Waals surface area contributed by atoms with Crippen molar-refractivity contribution in [1.29, 1.82) is 0 Å². The van der Waals surface area contributed by atoms with Crippen molar-refractivity contribution in [3.63, 3.8) is 0 Å². The van der Waals surface area contributed by atoms with Crippen LogP contribution in [0.5, 0.6) is 0 Å². The normalized spacial score (nSPS) is 12.8. The second-order valence-electron chi connectivity index (χ2n) is 5.70. The first-order valence-electron chi connectivity index (χ1n) is 7.39. The average molecular weight is 475 g/mol. The van der Waals surface area contributed by atoms with Crippen LogP contribution in [-0.4, -0.2) is 39.4 Å². The predicted octanol–water partition coefficient (Wildman–Crippen LogP) is 3.28. The first kappa shape index (κ1) is 19.4. The number of para-hydroxylation sites is 1. The zero-order valence-corrected chi connectivity index (χ0v) is 17.9. The molecule has 0 aliphatic carbocycles. The zero-order chi connectivity index (χ0) is 19.1. The molecule has 0 fully saturated rings. The van der Waals surface area contributed by atoms with E-state index in [9.17, 15) is 16.8 Å². The number of halogens is 1. The maximum Gasteiger partial charge on any atom is 0.244 e. The van der Waals surface area contributed by atoms with Crippen LogP contribution >= 0.6 is 27.3 Å². The lowest BCUT2D eigenvalue weighted by Crippen LogP contribution is -2.27. The van der Waals surface area contributed by atoms with Crippen LogP contribution in [-0.2, 0) is 26.4 Å². The summed E-state index contributed by atoms with van der Waals surface area (Å²) in [6, 6.07) is 11.5. The smallest absolute Gasteiger partial charge is 0.240 e. The SMILES string of the molecule is CN(Cc1nc2ccccc2s1)S(=O)(=O)c1cc(S(C)(=O)=O)ccc1Br. The van der Waals surface area contributed by atoms with Crippen LogP contribution in [0.4, 0.5) is 0 Å². The second kappa shape index (κ2) is 7.01. The summed E-state index contributed by atoms with van der Waals surface area (Å²) in [5.41, 5.74) is 0.818. The number of sulfone groups is 1. The molecule has 0 unspecified atom stereocenters. The van der Waals surface area contributed by atoms with Crippen LogP contribution < -0.4 is 0 Å². The van der Waals surface area contributed by atoms with Crippen molar-refractivity contribution in [2.45, 2.75) is 16.3 Å². The maximum atomic E-state index is 12.9. The quantitative estimate of drug-likeness (QED) is 0.566. The van der Waals surface area contributed by atoms with Crippen molar-refractivity contribution >= 4 is 57.3 Å². The van der Waals surface area contributed by atoms with Gasteiger partial charge in [0.1, 0.15) is 5.01 Å². The highest BCUT2D eigenvalue weighted by atomic mass is 79.9. The van der Waals surface area contributed by atoms with Crippen molar-refractivity contribution < 1.29 is 16.8 Å². The molecule has 6 nitrogen and oxygen atoms in total. The molecule has 0 saturated carbocycles. The van der Waals surface area contributed by atoms with Gasteiger partial charge in [0, 0.05) is 17.8 Å². The Hall–Kier alpha value is -1.33. The van der Waals surface area contributed by atoms with E-state index in [1.165, 1.54) is 36.6 Å². The molecule has 3 aromatic rings. The zero-order valence-electron chi connectivity index (χ0n) is 13.9. The van der Waals surface area contributed by atoms with Gasteiger partial charge in [-0.1, -0.05) is 12.1 Å². The van der Waals surface area contributed by atoms with Crippen LogP contribution in [0.15, 0.2) is 56.7 Å². The molecule has 0 amide bonds. The minimum absolute atomic E-state index is 0.0485. The first-order valence-corrected chi connectivity index (χ1v) is 12.3. The lowest BCUT2D eigenvalue weighted by atomic mass is 10.3. The minimum Gasteiger partial charge on any atom is -0.240 e. The van der Waals surface area contributed by atoms with Gasteiger partial charge in [-0.15, -0.1) is 11.3 Å². The first-order chi connectivity index (χ1) is 12.1. The Labute approximate surface area is 164 Å². The van der Waals surface area contributed by atoms with Gasteiger partial charge in [-0.2, -0.15) is 4.31 Å². The molecule has 0 atom stereocenters. The van der Waals surface area contributed by atoms with Gasteiger partial charge in [-0.25, -0.2) is 21.8 Å². The molecule has 138 valence electrons. The van der Waals surface area contributed by atoms with Crippen LogP contribution in [0.2, 0.25) is 0 Å². The van der Waals surface area contributed by atoms with E-state index in [1.807, 2.05) is 24.3 Å². The number of nitrogens with zero attached hydrogens (tertiary/aromatic N) is 2. The lowest BCUT2D eigenvalue weighted by Gasteiger charge is -2.17. The monoisotopic (exact) mass is 474 g/mol. The summed E-state index contributed by atoms with van der Waals surface area (Å²) in [7, 11) is -5.97. The summed E-state index contributed by atoms with van der Waals surface area (Å²) in [5, 5.41) is 0.660. The van der Waals surface area contributed by atoms with Gasteiger partial charge in [0.15, 0.2) is 9.84 Å². The number of sulfonamides is 1. The Balaban J connectivity index is 1.96. The fraction of sp³-hybridized carbons (Fsp3) is 0.188. The molecule has 0 aliphatic rings. The van der Waals surface area contributed by atoms with E-state index in [0.717, 1.165) is 20.8 Å². The Morgan fingerprint density at radius 3 is 2.46 bits per heavy atom. The summed E-state index contributed by atoms with van der Waals surface area (Å²) in [4.78, 5) is 4.30. The standard InChI is InChI=1S/C16H15BrN2O4S3/c1-19(10-16-18-13-5-3-4-6-14(13)24-16)26(22,23)15-9-11(25(2,20)21)7-8-12(15)17/h3-9H,10H2,1-2H3. The molecule has 2 aromatic carbocycles. The van der Waals surface area contributed by atoms with Crippen LogP contribution in [0.3, 0.4) is 0 Å². The Morgan fingerprint density at radius 1 is 1.12 bits per heavy atom. The molecule has 1 heterocycles. The highest BCUT2D eigenvalue weighted by molar-refractivity contribution is 9.10. The molecule has 0 aliphatic heterocycles. The van der Waals surface area contributed by atoms with E-state index in [2.05, 4.69) is 20.9 Å². The molecule has 26 heavy (non-hydrogen) atoms. The maximum absolute atomic E-state index is 12.9. The van der Waals surface area contributed by atoms with Crippen molar-refractivity contribution in [3.8, 4) is 0 Å². The van der Waals surface area contributed by atoms with Crippen molar-refractivity contribution in [3.05, 3.63) is 51.9 Å². The molecule has 0 spiro atoms. The van der Waals surface area contributed by atoms with Gasteiger partial charge >= 0.3 is 0 Å². The second-order valence-corrected chi connectivity index (χ2v) is 11.7. The van der Waals surface area contributed by atoms with Crippen molar-refractivity contribution in [2.24, 2.45) is 0 Å². The predicted molar refractivity (Wildman–Crippen MR) is 106 cm³/mol. The average Bonchev–Trinajstić information content (AvgIpc) is 2.96. The molecule has 0 N–H and O–H groups in total. The fourth-order valence-corrected chi connectivity index (χ4v) is 6.25. The topological polar surface area (TPSA) is 84.4 Å². The van der Waals surface area contributed by atoms with E-state index in [0.29, 0.717) is 9.48 Å². The van der Waals surface area contributed by atoms with E-state index < -0.39 is 19.9 Å². The number of thiazole rings is 1. The number of aromatic nitrogens is 1. The number of hydrogen-bond acceptors (Lipinski definition) is 6. The highest BCUT2D eigenvalue weighted by Crippen LogP contribution is 2.29. The Morgan fingerprint density at radius 2 is 1.81 bits per heavy atom. The molecule has 0 bridgehead atoms. The van der Waals surface area contributed by atoms with E-state index in [4.69, 9.17) is 0 Å². The van der Waals surface area contributed by atoms with E-state index >= 15 is 0 Å². The third kappa shape index (κ3) is 3.84. The highest BCUT2D eigenvalue weighted by Gasteiger charge is 2.26. The molecular weight excluding hydrogens is 460 g/mol. The molecule has 0 saturated heterocycles. The third-order valence-corrected chi connectivity index (χ3v) is 8.64. The van der Waals surface area contributed by atoms with Crippen LogP contribution in [0, 0.1) is 0 Å². The molecule has 0 radical (unpaired) electrons. The van der Waals surface area contributed by atoms with E-state index in [-0.39, 0.29) is 16.3 Å². The van der Waals surface area contributed by atoms with Gasteiger partial charge in [0.05, 0.1) is 26.6 Å². The van der Waals surface area contributed by atoms with Crippen LogP contribution in [0.1, 0.15) is 5.01 Å². The molecular formula is C16H15BrN2O4S3. The molecule has 3 rings (SSSR count). The van der Waals surface area contributed by atoms with Gasteiger partial charge in [0.2, 0.25) is 10.0 Å². The number of fused-ring (bicyclic) bond motifs is 1. The fourth-order valence-electron chi connectivity index (χ4n) is 2.34. The van der Waals surface area contributed by atoms with Crippen LogP contribution in [0.25, 0.3) is 10.2 Å². The van der Waals surface area contributed by atoms with Gasteiger partial charge < -0.3 is 0 Å². The molecule has 1 aromatic heterocycles. The lowest BCUT2D eigenvalue weighted by molar-refractivity contribution is 0.465. The van der Waals surface area contributed by atoms with Gasteiger partial charge in [-0.05, 0) is 46.3 Å². The number of rotatable bonds is 5. The summed E-state index contributed by atoms with van der Waals surface area (Å²) >= 11 is 4.62. The summed E-state index contributed by atoms with van der Waals surface area (Å²) < 4.78 is 51.8. The minimum atomic E-state index is -3.90. The summed E-state index contributed by atoms with van der Waals surface area (Å²) in [5.74, 6) is 0.